The lowest BCUT2D eigenvalue weighted by molar-refractivity contribution is 0.0903. The third kappa shape index (κ3) is 4.17. The van der Waals surface area contributed by atoms with Gasteiger partial charge in [0, 0.05) is 18.0 Å². The fourth-order valence-electron chi connectivity index (χ4n) is 3.00. The second kappa shape index (κ2) is 7.03. The summed E-state index contributed by atoms with van der Waals surface area (Å²) in [6.07, 6.45) is 3.65. The average molecular weight is 273 g/mol. The number of carbonyl (C=O) groups excluding carboxylic acids is 1. The Labute approximate surface area is 123 Å². The highest BCUT2D eigenvalue weighted by atomic mass is 16.1. The monoisotopic (exact) mass is 273 g/mol. The molecule has 2 nitrogen and oxygen atoms in total. The van der Waals surface area contributed by atoms with E-state index in [1.807, 2.05) is 12.1 Å². The maximum Gasteiger partial charge on any atom is 0.166 e. The van der Waals surface area contributed by atoms with E-state index in [0.717, 1.165) is 31.6 Å². The van der Waals surface area contributed by atoms with Gasteiger partial charge in [-0.2, -0.15) is 0 Å². The fraction of sp³-hybridized carbons (Fsp3) is 0.611. The van der Waals surface area contributed by atoms with Crippen molar-refractivity contribution in [1.29, 1.82) is 0 Å². The van der Waals surface area contributed by atoms with E-state index in [1.165, 1.54) is 18.4 Å². The molecule has 110 valence electrons. The van der Waals surface area contributed by atoms with Gasteiger partial charge in [-0.15, -0.1) is 0 Å². The largest absolute Gasteiger partial charge is 0.303 e. The Kier molecular flexibility index (Phi) is 5.36. The van der Waals surface area contributed by atoms with Crippen molar-refractivity contribution in [2.45, 2.75) is 40.0 Å². The highest BCUT2D eigenvalue weighted by Gasteiger charge is 2.20. The Hall–Kier alpha value is -1.15. The van der Waals surface area contributed by atoms with Gasteiger partial charge in [0.1, 0.15) is 0 Å². The predicted octanol–water partition coefficient (Wildman–Crippen LogP) is 3.80. The van der Waals surface area contributed by atoms with Crippen LogP contribution in [0, 0.1) is 11.8 Å². The molecule has 20 heavy (non-hydrogen) atoms. The Morgan fingerprint density at radius 1 is 1.10 bits per heavy atom. The van der Waals surface area contributed by atoms with Gasteiger partial charge < -0.3 is 4.90 Å². The summed E-state index contributed by atoms with van der Waals surface area (Å²) in [5, 5.41) is 0. The number of Topliss-reactive ketones (excluding diaryl/α,β-unsaturated/α-hetero) is 1. The van der Waals surface area contributed by atoms with Crippen LogP contribution in [0.2, 0.25) is 0 Å². The van der Waals surface area contributed by atoms with E-state index in [0.29, 0.717) is 5.92 Å². The normalized spacial score (nSPS) is 17.6. The summed E-state index contributed by atoms with van der Waals surface area (Å²) in [5.41, 5.74) is 2.19. The van der Waals surface area contributed by atoms with E-state index in [4.69, 9.17) is 0 Å². The zero-order chi connectivity index (χ0) is 14.5. The lowest BCUT2D eigenvalue weighted by Gasteiger charge is -2.19. The minimum Gasteiger partial charge on any atom is -0.303 e. The van der Waals surface area contributed by atoms with Gasteiger partial charge in [-0.1, -0.05) is 45.0 Å². The SMILES string of the molecule is CC(C)Cc1ccc(C(=O)C(C)CN2CCCC2)cc1. The molecule has 0 radical (unpaired) electrons. The molecule has 1 aliphatic heterocycles. The predicted molar refractivity (Wildman–Crippen MR) is 84.2 cm³/mol. The first kappa shape index (κ1) is 15.2. The summed E-state index contributed by atoms with van der Waals surface area (Å²) in [4.78, 5) is 14.9. The minimum absolute atomic E-state index is 0.101. The van der Waals surface area contributed by atoms with Crippen LogP contribution in [0.4, 0.5) is 0 Å². The first-order valence-electron chi connectivity index (χ1n) is 7.91. The van der Waals surface area contributed by atoms with E-state index in [1.54, 1.807) is 0 Å². The maximum atomic E-state index is 12.4. The quantitative estimate of drug-likeness (QED) is 0.735. The van der Waals surface area contributed by atoms with E-state index < -0.39 is 0 Å². The molecule has 1 saturated heterocycles. The molecule has 0 N–H and O–H groups in total. The number of benzene rings is 1. The third-order valence-corrected chi connectivity index (χ3v) is 4.06. The van der Waals surface area contributed by atoms with Crippen molar-refractivity contribution in [2.24, 2.45) is 11.8 Å². The zero-order valence-corrected chi connectivity index (χ0v) is 13.1. The van der Waals surface area contributed by atoms with Crippen LogP contribution in [0.5, 0.6) is 0 Å². The number of ketones is 1. The summed E-state index contributed by atoms with van der Waals surface area (Å²) in [5.74, 6) is 1.04. The molecular formula is C18H27NO. The van der Waals surface area contributed by atoms with Crippen molar-refractivity contribution in [3.63, 3.8) is 0 Å². The fourth-order valence-corrected chi connectivity index (χ4v) is 3.00. The standard InChI is InChI=1S/C18H27NO/c1-14(2)12-16-6-8-17(9-7-16)18(20)15(3)13-19-10-4-5-11-19/h6-9,14-15H,4-5,10-13H2,1-3H3. The van der Waals surface area contributed by atoms with E-state index in [9.17, 15) is 4.79 Å². The molecule has 0 aromatic heterocycles. The molecule has 1 heterocycles. The van der Waals surface area contributed by atoms with Crippen LogP contribution in [0.3, 0.4) is 0 Å². The van der Waals surface area contributed by atoms with Crippen LogP contribution >= 0.6 is 0 Å². The van der Waals surface area contributed by atoms with Crippen LogP contribution in [0.1, 0.15) is 49.5 Å². The lowest BCUT2D eigenvalue weighted by atomic mass is 9.96. The highest BCUT2D eigenvalue weighted by molar-refractivity contribution is 5.97. The van der Waals surface area contributed by atoms with Crippen molar-refractivity contribution in [1.82, 2.24) is 4.90 Å². The summed E-state index contributed by atoms with van der Waals surface area (Å²) >= 11 is 0. The molecular weight excluding hydrogens is 246 g/mol. The minimum atomic E-state index is 0.101. The molecule has 2 heteroatoms. The van der Waals surface area contributed by atoms with Gasteiger partial charge in [0.2, 0.25) is 0 Å². The molecule has 2 rings (SSSR count). The van der Waals surface area contributed by atoms with Gasteiger partial charge in [0.25, 0.3) is 0 Å². The van der Waals surface area contributed by atoms with Crippen LogP contribution in [-0.4, -0.2) is 30.3 Å². The second-order valence-electron chi connectivity index (χ2n) is 6.57. The van der Waals surface area contributed by atoms with Crippen molar-refractivity contribution < 1.29 is 4.79 Å². The van der Waals surface area contributed by atoms with Gasteiger partial charge in [-0.25, -0.2) is 0 Å². The highest BCUT2D eigenvalue weighted by Crippen LogP contribution is 2.16. The van der Waals surface area contributed by atoms with Crippen molar-refractivity contribution in [2.75, 3.05) is 19.6 Å². The van der Waals surface area contributed by atoms with Gasteiger partial charge in [0.05, 0.1) is 0 Å². The first-order chi connectivity index (χ1) is 9.56. The Morgan fingerprint density at radius 3 is 2.25 bits per heavy atom. The van der Waals surface area contributed by atoms with Crippen LogP contribution in [-0.2, 0) is 6.42 Å². The van der Waals surface area contributed by atoms with Crippen molar-refractivity contribution in [3.8, 4) is 0 Å². The van der Waals surface area contributed by atoms with E-state index >= 15 is 0 Å². The average Bonchev–Trinajstić information content (AvgIpc) is 2.91. The molecule has 0 aliphatic carbocycles. The molecule has 0 bridgehead atoms. The molecule has 1 aromatic carbocycles. The number of hydrogen-bond acceptors (Lipinski definition) is 2. The Morgan fingerprint density at radius 2 is 1.70 bits per heavy atom. The summed E-state index contributed by atoms with van der Waals surface area (Å²) in [7, 11) is 0. The van der Waals surface area contributed by atoms with E-state index in [-0.39, 0.29) is 11.7 Å². The molecule has 0 spiro atoms. The molecule has 0 saturated carbocycles. The number of hydrogen-bond donors (Lipinski definition) is 0. The maximum absolute atomic E-state index is 12.4. The summed E-state index contributed by atoms with van der Waals surface area (Å²) < 4.78 is 0. The summed E-state index contributed by atoms with van der Waals surface area (Å²) in [6.45, 7) is 9.72. The number of likely N-dealkylation sites (tertiary alicyclic amines) is 1. The van der Waals surface area contributed by atoms with Crippen molar-refractivity contribution in [3.05, 3.63) is 35.4 Å². The topological polar surface area (TPSA) is 20.3 Å². The number of nitrogens with zero attached hydrogens (tertiary/aromatic N) is 1. The first-order valence-corrected chi connectivity index (χ1v) is 7.91. The number of carbonyl (C=O) groups is 1. The second-order valence-corrected chi connectivity index (χ2v) is 6.57. The van der Waals surface area contributed by atoms with Gasteiger partial charge in [-0.3, -0.25) is 4.79 Å². The number of rotatable bonds is 6. The van der Waals surface area contributed by atoms with Crippen LogP contribution in [0.25, 0.3) is 0 Å². The molecule has 0 amide bonds. The molecule has 1 aromatic rings. The smallest absolute Gasteiger partial charge is 0.166 e. The van der Waals surface area contributed by atoms with Gasteiger partial charge >= 0.3 is 0 Å². The summed E-state index contributed by atoms with van der Waals surface area (Å²) in [6, 6.07) is 8.21. The van der Waals surface area contributed by atoms with Crippen LogP contribution in [0.15, 0.2) is 24.3 Å². The van der Waals surface area contributed by atoms with Gasteiger partial charge in [-0.05, 0) is 43.8 Å². The van der Waals surface area contributed by atoms with E-state index in [2.05, 4.69) is 37.8 Å². The molecule has 1 atom stereocenters. The Bertz CT molecular complexity index is 429. The lowest BCUT2D eigenvalue weighted by Crippen LogP contribution is -2.29. The molecule has 1 fully saturated rings. The molecule has 1 aliphatic rings. The third-order valence-electron chi connectivity index (χ3n) is 4.06. The van der Waals surface area contributed by atoms with Crippen molar-refractivity contribution >= 4 is 5.78 Å². The Balaban J connectivity index is 1.93. The van der Waals surface area contributed by atoms with Gasteiger partial charge in [0.15, 0.2) is 5.78 Å². The molecule has 1 unspecified atom stereocenters. The zero-order valence-electron chi connectivity index (χ0n) is 13.1. The van der Waals surface area contributed by atoms with Crippen LogP contribution < -0.4 is 0 Å².